The number of nitriles is 1. The number of rotatable bonds is 3. The molecule has 0 unspecified atom stereocenters. The van der Waals surface area contributed by atoms with Gasteiger partial charge < -0.3 is 4.74 Å². The van der Waals surface area contributed by atoms with Crippen LogP contribution in [0.15, 0.2) is 48.5 Å². The molecule has 0 atom stereocenters. The number of para-hydroxylation sites is 3. The van der Waals surface area contributed by atoms with Gasteiger partial charge in [0.1, 0.15) is 18.4 Å². The lowest BCUT2D eigenvalue weighted by Crippen LogP contribution is -2.41. The Morgan fingerprint density at radius 2 is 1.86 bits per heavy atom. The molecule has 7 heteroatoms. The average Bonchev–Trinajstić information content (AvgIpc) is 2.54. The van der Waals surface area contributed by atoms with Gasteiger partial charge in [-0.3, -0.25) is 4.72 Å². The standard InChI is InChI=1S/C15H13N3O3S/c16-11-12-5-1-2-6-13(12)17-22(19,20)18-9-10-21-15-8-4-3-7-14(15)18/h1-8,17H,9-10H2. The highest BCUT2D eigenvalue weighted by Gasteiger charge is 2.28. The van der Waals surface area contributed by atoms with Crippen LogP contribution in [0.4, 0.5) is 11.4 Å². The minimum absolute atomic E-state index is 0.209. The SMILES string of the molecule is N#Cc1ccccc1NS(=O)(=O)N1CCOc2ccccc21. The van der Waals surface area contributed by atoms with Crippen LogP contribution >= 0.6 is 0 Å². The van der Waals surface area contributed by atoms with Gasteiger partial charge in [-0.05, 0) is 24.3 Å². The smallest absolute Gasteiger partial charge is 0.324 e. The van der Waals surface area contributed by atoms with E-state index in [1.54, 1.807) is 48.5 Å². The lowest BCUT2D eigenvalue weighted by Gasteiger charge is -2.30. The molecular formula is C15H13N3O3S. The van der Waals surface area contributed by atoms with Crippen molar-refractivity contribution in [1.29, 1.82) is 5.26 Å². The number of nitrogens with zero attached hydrogens (tertiary/aromatic N) is 2. The molecular weight excluding hydrogens is 302 g/mol. The molecule has 2 aromatic carbocycles. The minimum atomic E-state index is -3.83. The summed E-state index contributed by atoms with van der Waals surface area (Å²) in [5.41, 5.74) is 1.01. The van der Waals surface area contributed by atoms with Crippen LogP contribution in [0.3, 0.4) is 0 Å². The summed E-state index contributed by atoms with van der Waals surface area (Å²) in [6.45, 7) is 0.485. The second kappa shape index (κ2) is 5.58. The Morgan fingerprint density at radius 3 is 2.68 bits per heavy atom. The highest BCUT2D eigenvalue weighted by molar-refractivity contribution is 7.94. The minimum Gasteiger partial charge on any atom is -0.489 e. The van der Waals surface area contributed by atoms with Crippen molar-refractivity contribution in [3.8, 4) is 11.8 Å². The van der Waals surface area contributed by atoms with Gasteiger partial charge >= 0.3 is 10.2 Å². The van der Waals surface area contributed by atoms with Crippen LogP contribution in [0.2, 0.25) is 0 Å². The first-order valence-corrected chi connectivity index (χ1v) is 8.07. The number of fused-ring (bicyclic) bond motifs is 1. The molecule has 112 valence electrons. The fourth-order valence-corrected chi connectivity index (χ4v) is 3.55. The van der Waals surface area contributed by atoms with Crippen molar-refractivity contribution in [2.75, 3.05) is 22.2 Å². The number of ether oxygens (including phenoxy) is 1. The summed E-state index contributed by atoms with van der Waals surface area (Å²) in [5, 5.41) is 9.06. The summed E-state index contributed by atoms with van der Waals surface area (Å²) >= 11 is 0. The fourth-order valence-electron chi connectivity index (χ4n) is 2.26. The van der Waals surface area contributed by atoms with Crippen LogP contribution in [0.25, 0.3) is 0 Å². The molecule has 0 bridgehead atoms. The Balaban J connectivity index is 1.97. The van der Waals surface area contributed by atoms with Crippen LogP contribution in [-0.2, 0) is 10.2 Å². The summed E-state index contributed by atoms with van der Waals surface area (Å²) in [5.74, 6) is 0.521. The van der Waals surface area contributed by atoms with E-state index in [9.17, 15) is 8.42 Å². The summed E-state index contributed by atoms with van der Waals surface area (Å²) < 4.78 is 34.4. The topological polar surface area (TPSA) is 82.4 Å². The van der Waals surface area contributed by atoms with Crippen LogP contribution < -0.4 is 13.8 Å². The highest BCUT2D eigenvalue weighted by atomic mass is 32.2. The molecule has 0 radical (unpaired) electrons. The number of hydrogen-bond acceptors (Lipinski definition) is 4. The highest BCUT2D eigenvalue weighted by Crippen LogP contribution is 2.33. The van der Waals surface area contributed by atoms with Gasteiger partial charge in [-0.25, -0.2) is 4.31 Å². The van der Waals surface area contributed by atoms with Gasteiger partial charge in [0.15, 0.2) is 0 Å². The Bertz CT molecular complexity index is 843. The molecule has 2 aromatic rings. The third kappa shape index (κ3) is 2.56. The maximum absolute atomic E-state index is 12.6. The van der Waals surface area contributed by atoms with Crippen molar-refractivity contribution in [3.63, 3.8) is 0 Å². The van der Waals surface area contributed by atoms with Gasteiger partial charge in [0.05, 0.1) is 23.5 Å². The summed E-state index contributed by atoms with van der Waals surface area (Å²) in [6, 6.07) is 15.4. The quantitative estimate of drug-likeness (QED) is 0.940. The molecule has 0 saturated heterocycles. The molecule has 0 aromatic heterocycles. The molecule has 1 heterocycles. The summed E-state index contributed by atoms with van der Waals surface area (Å²) in [6.07, 6.45) is 0. The van der Waals surface area contributed by atoms with E-state index in [1.807, 2.05) is 6.07 Å². The van der Waals surface area contributed by atoms with Crippen molar-refractivity contribution in [1.82, 2.24) is 0 Å². The van der Waals surface area contributed by atoms with E-state index < -0.39 is 10.2 Å². The molecule has 0 aliphatic carbocycles. The average molecular weight is 315 g/mol. The van der Waals surface area contributed by atoms with Gasteiger partial charge in [-0.15, -0.1) is 0 Å². The van der Waals surface area contributed by atoms with E-state index in [-0.39, 0.29) is 24.4 Å². The van der Waals surface area contributed by atoms with E-state index in [0.717, 1.165) is 0 Å². The first kappa shape index (κ1) is 14.2. The summed E-state index contributed by atoms with van der Waals surface area (Å²) in [4.78, 5) is 0. The second-order valence-electron chi connectivity index (χ2n) is 4.65. The van der Waals surface area contributed by atoms with E-state index in [4.69, 9.17) is 10.00 Å². The number of nitrogens with one attached hydrogen (secondary N) is 1. The van der Waals surface area contributed by atoms with Gasteiger partial charge in [0.2, 0.25) is 0 Å². The van der Waals surface area contributed by atoms with Gasteiger partial charge in [-0.2, -0.15) is 13.7 Å². The van der Waals surface area contributed by atoms with E-state index in [0.29, 0.717) is 11.4 Å². The number of benzene rings is 2. The Labute approximate surface area is 128 Å². The molecule has 0 saturated carbocycles. The number of hydrogen-bond donors (Lipinski definition) is 1. The third-order valence-electron chi connectivity index (χ3n) is 3.26. The van der Waals surface area contributed by atoms with Crippen molar-refractivity contribution in [2.24, 2.45) is 0 Å². The molecule has 0 fully saturated rings. The molecule has 3 rings (SSSR count). The van der Waals surface area contributed by atoms with Crippen LogP contribution in [-0.4, -0.2) is 21.6 Å². The first-order valence-electron chi connectivity index (χ1n) is 6.63. The Morgan fingerprint density at radius 1 is 1.14 bits per heavy atom. The maximum Gasteiger partial charge on any atom is 0.324 e. The van der Waals surface area contributed by atoms with Crippen molar-refractivity contribution in [2.45, 2.75) is 0 Å². The molecule has 1 aliphatic heterocycles. The zero-order valence-corrected chi connectivity index (χ0v) is 12.4. The van der Waals surface area contributed by atoms with Crippen molar-refractivity contribution >= 4 is 21.6 Å². The lowest BCUT2D eigenvalue weighted by molar-refractivity contribution is 0.316. The first-order chi connectivity index (χ1) is 10.6. The maximum atomic E-state index is 12.6. The predicted octanol–water partition coefficient (Wildman–Crippen LogP) is 2.11. The van der Waals surface area contributed by atoms with Gasteiger partial charge in [-0.1, -0.05) is 24.3 Å². The zero-order chi connectivity index (χ0) is 15.6. The number of anilines is 2. The fraction of sp³-hybridized carbons (Fsp3) is 0.133. The summed E-state index contributed by atoms with van der Waals surface area (Å²) in [7, 11) is -3.83. The largest absolute Gasteiger partial charge is 0.489 e. The lowest BCUT2D eigenvalue weighted by atomic mass is 10.2. The van der Waals surface area contributed by atoms with Crippen molar-refractivity contribution in [3.05, 3.63) is 54.1 Å². The molecule has 0 spiro atoms. The van der Waals surface area contributed by atoms with Crippen molar-refractivity contribution < 1.29 is 13.2 Å². The Hall–Kier alpha value is -2.72. The molecule has 6 nitrogen and oxygen atoms in total. The Kier molecular flexibility index (Phi) is 3.61. The zero-order valence-electron chi connectivity index (χ0n) is 11.6. The predicted molar refractivity (Wildman–Crippen MR) is 83.0 cm³/mol. The molecule has 22 heavy (non-hydrogen) atoms. The van der Waals surface area contributed by atoms with Gasteiger partial charge in [0, 0.05) is 0 Å². The van der Waals surface area contributed by atoms with Crippen LogP contribution in [0.5, 0.6) is 5.75 Å². The monoisotopic (exact) mass is 315 g/mol. The molecule has 1 aliphatic rings. The van der Waals surface area contributed by atoms with E-state index in [2.05, 4.69) is 4.72 Å². The van der Waals surface area contributed by atoms with Gasteiger partial charge in [0.25, 0.3) is 0 Å². The van der Waals surface area contributed by atoms with Crippen LogP contribution in [0.1, 0.15) is 5.56 Å². The van der Waals surface area contributed by atoms with E-state index >= 15 is 0 Å². The van der Waals surface area contributed by atoms with Crippen LogP contribution in [0, 0.1) is 11.3 Å². The second-order valence-corrected chi connectivity index (χ2v) is 6.25. The molecule has 0 amide bonds. The third-order valence-corrected chi connectivity index (χ3v) is 4.70. The molecule has 1 N–H and O–H groups in total. The normalized spacial score (nSPS) is 13.7. The van der Waals surface area contributed by atoms with E-state index in [1.165, 1.54) is 4.31 Å².